The van der Waals surface area contributed by atoms with Crippen LogP contribution in [0.25, 0.3) is 0 Å². The van der Waals surface area contributed by atoms with Crippen molar-refractivity contribution >= 4 is 29.6 Å². The highest BCUT2D eigenvalue weighted by Gasteiger charge is 2.01. The SMILES string of the molecule is C#CCSc1nncn1/N=C/c1cccc(Cl)c1. The number of halogens is 1. The van der Waals surface area contributed by atoms with E-state index in [-0.39, 0.29) is 0 Å². The monoisotopic (exact) mass is 276 g/mol. The van der Waals surface area contributed by atoms with Gasteiger partial charge in [0.25, 0.3) is 0 Å². The molecule has 90 valence electrons. The Morgan fingerprint density at radius 2 is 2.44 bits per heavy atom. The zero-order chi connectivity index (χ0) is 12.8. The maximum Gasteiger partial charge on any atom is 0.212 e. The van der Waals surface area contributed by atoms with Crippen LogP contribution in [0.2, 0.25) is 5.02 Å². The largest absolute Gasteiger partial charge is 0.212 e. The molecule has 0 saturated heterocycles. The Balaban J connectivity index is 2.14. The van der Waals surface area contributed by atoms with Gasteiger partial charge in [0.15, 0.2) is 0 Å². The minimum Gasteiger partial charge on any atom is -0.195 e. The minimum atomic E-state index is 0.533. The summed E-state index contributed by atoms with van der Waals surface area (Å²) in [7, 11) is 0. The Morgan fingerprint density at radius 3 is 3.22 bits per heavy atom. The molecule has 0 unspecified atom stereocenters. The lowest BCUT2D eigenvalue weighted by atomic mass is 10.2. The first-order valence-electron chi connectivity index (χ1n) is 5.06. The summed E-state index contributed by atoms with van der Waals surface area (Å²) in [5.74, 6) is 3.06. The maximum absolute atomic E-state index is 5.89. The first kappa shape index (κ1) is 12.7. The van der Waals surface area contributed by atoms with Crippen molar-refractivity contribution < 1.29 is 0 Å². The van der Waals surface area contributed by atoms with Crippen LogP contribution in [0.15, 0.2) is 40.9 Å². The summed E-state index contributed by atoms with van der Waals surface area (Å²) in [4.78, 5) is 0. The third-order valence-corrected chi connectivity index (χ3v) is 3.04. The number of nitrogens with zero attached hydrogens (tertiary/aromatic N) is 4. The van der Waals surface area contributed by atoms with E-state index in [0.717, 1.165) is 5.56 Å². The summed E-state index contributed by atoms with van der Waals surface area (Å²) >= 11 is 7.29. The van der Waals surface area contributed by atoms with Crippen molar-refractivity contribution in [3.63, 3.8) is 0 Å². The standard InChI is InChI=1S/C12H9ClN4S/c1-2-6-18-12-16-14-9-17(12)15-8-10-4-3-5-11(13)7-10/h1,3-5,7-9H,6H2/b15-8+. The Labute approximate surface area is 114 Å². The van der Waals surface area contributed by atoms with Crippen LogP contribution in [0.5, 0.6) is 0 Å². The fraction of sp³-hybridized carbons (Fsp3) is 0.0833. The molecule has 18 heavy (non-hydrogen) atoms. The molecule has 0 amide bonds. The summed E-state index contributed by atoms with van der Waals surface area (Å²) in [5, 5.41) is 13.3. The summed E-state index contributed by atoms with van der Waals surface area (Å²) < 4.78 is 1.57. The number of hydrogen-bond acceptors (Lipinski definition) is 4. The van der Waals surface area contributed by atoms with Crippen LogP contribution < -0.4 is 0 Å². The number of hydrogen-bond donors (Lipinski definition) is 0. The lowest BCUT2D eigenvalue weighted by molar-refractivity contribution is 0.768. The van der Waals surface area contributed by atoms with E-state index < -0.39 is 0 Å². The van der Waals surface area contributed by atoms with Crippen LogP contribution in [-0.4, -0.2) is 26.8 Å². The van der Waals surface area contributed by atoms with Crippen molar-refractivity contribution in [2.45, 2.75) is 5.16 Å². The second-order valence-corrected chi connectivity index (χ2v) is 4.63. The summed E-state index contributed by atoms with van der Waals surface area (Å²) in [6.45, 7) is 0. The van der Waals surface area contributed by atoms with Crippen molar-refractivity contribution in [2.24, 2.45) is 5.10 Å². The van der Waals surface area contributed by atoms with E-state index in [2.05, 4.69) is 21.2 Å². The van der Waals surface area contributed by atoms with Crippen LogP contribution in [0.1, 0.15) is 5.56 Å². The van der Waals surface area contributed by atoms with Crippen LogP contribution in [-0.2, 0) is 0 Å². The molecular formula is C12H9ClN4S. The third-order valence-electron chi connectivity index (χ3n) is 1.96. The van der Waals surface area contributed by atoms with E-state index in [1.165, 1.54) is 18.1 Å². The fourth-order valence-electron chi connectivity index (χ4n) is 1.22. The maximum atomic E-state index is 5.89. The highest BCUT2D eigenvalue weighted by Crippen LogP contribution is 2.13. The van der Waals surface area contributed by atoms with E-state index in [9.17, 15) is 0 Å². The molecule has 0 aliphatic heterocycles. The molecule has 0 saturated carbocycles. The van der Waals surface area contributed by atoms with Gasteiger partial charge in [-0.1, -0.05) is 41.4 Å². The lowest BCUT2D eigenvalue weighted by Gasteiger charge is -1.97. The van der Waals surface area contributed by atoms with Crippen LogP contribution in [0, 0.1) is 12.3 Å². The molecule has 2 aromatic rings. The van der Waals surface area contributed by atoms with Gasteiger partial charge < -0.3 is 0 Å². The summed E-state index contributed by atoms with van der Waals surface area (Å²) in [5.41, 5.74) is 0.907. The molecule has 1 aromatic heterocycles. The predicted octanol–water partition coefficient (Wildman–Crippen LogP) is 2.54. The predicted molar refractivity (Wildman–Crippen MR) is 74.0 cm³/mol. The van der Waals surface area contributed by atoms with E-state index in [1.807, 2.05) is 24.3 Å². The van der Waals surface area contributed by atoms with Gasteiger partial charge in [-0.15, -0.1) is 16.6 Å². The van der Waals surface area contributed by atoms with Gasteiger partial charge in [0, 0.05) is 5.02 Å². The lowest BCUT2D eigenvalue weighted by Crippen LogP contribution is -1.92. The zero-order valence-corrected chi connectivity index (χ0v) is 10.9. The van der Waals surface area contributed by atoms with Crippen molar-refractivity contribution in [3.8, 4) is 12.3 Å². The van der Waals surface area contributed by atoms with E-state index in [4.69, 9.17) is 18.0 Å². The van der Waals surface area contributed by atoms with E-state index >= 15 is 0 Å². The first-order chi connectivity index (χ1) is 8.79. The van der Waals surface area contributed by atoms with Gasteiger partial charge in [0.05, 0.1) is 12.0 Å². The van der Waals surface area contributed by atoms with Crippen LogP contribution in [0.4, 0.5) is 0 Å². The second-order valence-electron chi connectivity index (χ2n) is 3.25. The Kier molecular flexibility index (Phi) is 4.40. The molecule has 0 aliphatic rings. The van der Waals surface area contributed by atoms with Crippen molar-refractivity contribution in [1.29, 1.82) is 0 Å². The summed E-state index contributed by atoms with van der Waals surface area (Å²) in [6.07, 6.45) is 8.41. The van der Waals surface area contributed by atoms with Gasteiger partial charge in [-0.05, 0) is 17.7 Å². The fourth-order valence-corrected chi connectivity index (χ4v) is 1.96. The molecule has 2 rings (SSSR count). The Bertz CT molecular complexity index is 600. The van der Waals surface area contributed by atoms with Crippen molar-refractivity contribution in [2.75, 3.05) is 5.75 Å². The molecule has 0 aliphatic carbocycles. The number of terminal acetylenes is 1. The molecule has 0 atom stereocenters. The van der Waals surface area contributed by atoms with Gasteiger partial charge in [0.1, 0.15) is 6.33 Å². The molecule has 0 spiro atoms. The molecule has 1 aromatic carbocycles. The van der Waals surface area contributed by atoms with Crippen LogP contribution in [0.3, 0.4) is 0 Å². The Morgan fingerprint density at radius 1 is 1.56 bits per heavy atom. The number of aromatic nitrogens is 3. The van der Waals surface area contributed by atoms with Crippen LogP contribution >= 0.6 is 23.4 Å². The van der Waals surface area contributed by atoms with E-state index in [0.29, 0.717) is 15.9 Å². The molecule has 0 bridgehead atoms. The minimum absolute atomic E-state index is 0.533. The number of rotatable bonds is 4. The summed E-state index contributed by atoms with van der Waals surface area (Å²) in [6, 6.07) is 7.41. The molecule has 0 radical (unpaired) electrons. The average Bonchev–Trinajstić information content (AvgIpc) is 2.81. The van der Waals surface area contributed by atoms with Crippen molar-refractivity contribution in [3.05, 3.63) is 41.2 Å². The second kappa shape index (κ2) is 6.24. The number of benzene rings is 1. The van der Waals surface area contributed by atoms with Gasteiger partial charge in [-0.3, -0.25) is 0 Å². The van der Waals surface area contributed by atoms with Gasteiger partial charge in [0.2, 0.25) is 5.16 Å². The highest BCUT2D eigenvalue weighted by atomic mass is 35.5. The zero-order valence-electron chi connectivity index (χ0n) is 9.32. The first-order valence-corrected chi connectivity index (χ1v) is 6.42. The van der Waals surface area contributed by atoms with Gasteiger partial charge in [-0.2, -0.15) is 9.78 Å². The molecule has 0 N–H and O–H groups in total. The van der Waals surface area contributed by atoms with E-state index in [1.54, 1.807) is 10.9 Å². The quantitative estimate of drug-likeness (QED) is 0.490. The normalized spacial score (nSPS) is 10.7. The topological polar surface area (TPSA) is 43.1 Å². The third kappa shape index (κ3) is 3.36. The average molecular weight is 277 g/mol. The number of thioether (sulfide) groups is 1. The van der Waals surface area contributed by atoms with Crippen molar-refractivity contribution in [1.82, 2.24) is 14.9 Å². The highest BCUT2D eigenvalue weighted by molar-refractivity contribution is 7.99. The smallest absolute Gasteiger partial charge is 0.195 e. The Hall–Kier alpha value is -1.77. The van der Waals surface area contributed by atoms with Gasteiger partial charge in [-0.25, -0.2) is 0 Å². The molecule has 6 heteroatoms. The molecule has 0 fully saturated rings. The molecule has 1 heterocycles. The molecule has 4 nitrogen and oxygen atoms in total. The van der Waals surface area contributed by atoms with Gasteiger partial charge >= 0.3 is 0 Å². The molecular weight excluding hydrogens is 268 g/mol.